The molecule has 0 spiro atoms. The summed E-state index contributed by atoms with van der Waals surface area (Å²) in [6.07, 6.45) is 7.94. The third-order valence-electron chi connectivity index (χ3n) is 2.93. The molecule has 1 aromatic heterocycles. The highest BCUT2D eigenvalue weighted by atomic mass is 32.2. The lowest BCUT2D eigenvalue weighted by atomic mass is 9.87. The van der Waals surface area contributed by atoms with Gasteiger partial charge in [0.2, 0.25) is 0 Å². The Morgan fingerprint density at radius 2 is 2.07 bits per heavy atom. The number of rotatable bonds is 2. The van der Waals surface area contributed by atoms with Gasteiger partial charge in [-0.1, -0.05) is 19.3 Å². The second-order valence-electron chi connectivity index (χ2n) is 3.87. The van der Waals surface area contributed by atoms with Crippen molar-refractivity contribution >= 4 is 11.1 Å². The van der Waals surface area contributed by atoms with Crippen molar-refractivity contribution in [3.8, 4) is 0 Å². The van der Waals surface area contributed by atoms with Crippen molar-refractivity contribution in [2.75, 3.05) is 0 Å². The van der Waals surface area contributed by atoms with Crippen molar-refractivity contribution < 1.29 is 8.76 Å². The van der Waals surface area contributed by atoms with Crippen LogP contribution in [-0.2, 0) is 11.1 Å². The predicted molar refractivity (Wildman–Crippen MR) is 55.7 cm³/mol. The van der Waals surface area contributed by atoms with Gasteiger partial charge < -0.3 is 9.54 Å². The molecule has 1 fully saturated rings. The maximum atomic E-state index is 10.8. The zero-order valence-electron chi connectivity index (χ0n) is 8.03. The lowest BCUT2D eigenvalue weighted by Crippen LogP contribution is -2.04. The van der Waals surface area contributed by atoms with Gasteiger partial charge in [-0.05, 0) is 24.8 Å². The van der Waals surface area contributed by atoms with E-state index in [9.17, 15) is 4.21 Å². The summed E-state index contributed by atoms with van der Waals surface area (Å²) in [6, 6.07) is 1.83. The molecule has 0 radical (unpaired) electrons. The minimum Gasteiger partial charge on any atom is -0.364 e. The largest absolute Gasteiger partial charge is 0.364 e. The van der Waals surface area contributed by atoms with Gasteiger partial charge in [0.05, 0.1) is 4.90 Å². The molecule has 1 aliphatic rings. The number of nitrogens with one attached hydrogen (secondary N) is 1. The van der Waals surface area contributed by atoms with Gasteiger partial charge in [-0.25, -0.2) is 4.21 Å². The Kier molecular flexibility index (Phi) is 3.03. The molecule has 1 unspecified atom stereocenters. The lowest BCUT2D eigenvalue weighted by Gasteiger charge is -2.20. The molecule has 2 rings (SSSR count). The van der Waals surface area contributed by atoms with Gasteiger partial charge in [0, 0.05) is 11.9 Å². The molecule has 1 aromatic rings. The molecular formula is C10H15NO2S. The molecular weight excluding hydrogens is 198 g/mol. The molecule has 0 bridgehead atoms. The van der Waals surface area contributed by atoms with Crippen molar-refractivity contribution in [3.63, 3.8) is 0 Å². The minimum atomic E-state index is -1.84. The topological polar surface area (TPSA) is 53.1 Å². The summed E-state index contributed by atoms with van der Waals surface area (Å²) in [5, 5.41) is 0. The molecule has 0 aromatic carbocycles. The van der Waals surface area contributed by atoms with Crippen LogP contribution in [-0.4, -0.2) is 13.7 Å². The lowest BCUT2D eigenvalue weighted by molar-refractivity contribution is 0.438. The van der Waals surface area contributed by atoms with Crippen LogP contribution in [0.2, 0.25) is 0 Å². The molecule has 0 amide bonds. The Balaban J connectivity index is 2.11. The van der Waals surface area contributed by atoms with Crippen LogP contribution in [0.15, 0.2) is 17.2 Å². The summed E-state index contributed by atoms with van der Waals surface area (Å²) in [6.45, 7) is 0. The fourth-order valence-corrected chi connectivity index (χ4v) is 2.53. The third-order valence-corrected chi connectivity index (χ3v) is 3.56. The molecule has 1 heterocycles. The standard InChI is InChI=1S/C10H15NO2S/c12-14(13)9-6-10(11-7-9)8-4-2-1-3-5-8/h6-8,11H,1-5H2,(H,12,13). The first-order valence-corrected chi connectivity index (χ1v) is 6.17. The van der Waals surface area contributed by atoms with Crippen LogP contribution in [0, 0.1) is 0 Å². The number of hydrogen-bond donors (Lipinski definition) is 2. The first-order valence-electron chi connectivity index (χ1n) is 5.06. The second kappa shape index (κ2) is 4.28. The van der Waals surface area contributed by atoms with E-state index in [1.807, 2.05) is 6.07 Å². The number of H-pyrrole nitrogens is 1. The zero-order valence-corrected chi connectivity index (χ0v) is 8.85. The first-order chi connectivity index (χ1) is 6.77. The molecule has 0 aliphatic heterocycles. The Morgan fingerprint density at radius 1 is 1.36 bits per heavy atom. The summed E-state index contributed by atoms with van der Waals surface area (Å²) in [4.78, 5) is 3.60. The van der Waals surface area contributed by atoms with Gasteiger partial charge in [-0.2, -0.15) is 0 Å². The maximum absolute atomic E-state index is 10.8. The van der Waals surface area contributed by atoms with Crippen LogP contribution < -0.4 is 0 Å². The molecule has 14 heavy (non-hydrogen) atoms. The average molecular weight is 213 g/mol. The number of hydrogen-bond acceptors (Lipinski definition) is 1. The summed E-state index contributed by atoms with van der Waals surface area (Å²) >= 11 is -1.84. The maximum Gasteiger partial charge on any atom is 0.188 e. The van der Waals surface area contributed by atoms with E-state index in [-0.39, 0.29) is 0 Å². The van der Waals surface area contributed by atoms with Crippen molar-refractivity contribution in [1.82, 2.24) is 4.98 Å². The molecule has 0 saturated heterocycles. The van der Waals surface area contributed by atoms with Crippen molar-refractivity contribution in [3.05, 3.63) is 18.0 Å². The minimum absolute atomic E-state index is 0.491. The highest BCUT2D eigenvalue weighted by molar-refractivity contribution is 7.79. The van der Waals surface area contributed by atoms with Crippen LogP contribution in [0.1, 0.15) is 43.7 Å². The van der Waals surface area contributed by atoms with Gasteiger partial charge in [-0.15, -0.1) is 0 Å². The smallest absolute Gasteiger partial charge is 0.188 e. The average Bonchev–Trinajstić information content (AvgIpc) is 2.68. The molecule has 1 aliphatic carbocycles. The van der Waals surface area contributed by atoms with E-state index in [1.165, 1.54) is 32.1 Å². The van der Waals surface area contributed by atoms with E-state index in [2.05, 4.69) is 4.98 Å². The second-order valence-corrected chi connectivity index (χ2v) is 4.84. The predicted octanol–water partition coefficient (Wildman–Crippen LogP) is 2.64. The van der Waals surface area contributed by atoms with E-state index in [4.69, 9.17) is 4.55 Å². The van der Waals surface area contributed by atoms with Crippen LogP contribution in [0.3, 0.4) is 0 Å². The molecule has 4 heteroatoms. The Bertz CT molecular complexity index is 329. The van der Waals surface area contributed by atoms with E-state index < -0.39 is 11.1 Å². The van der Waals surface area contributed by atoms with Crippen LogP contribution in [0.5, 0.6) is 0 Å². The SMILES string of the molecule is O=S(O)c1c[nH]c(C2CCCCC2)c1. The summed E-state index contributed by atoms with van der Waals surface area (Å²) < 4.78 is 19.7. The molecule has 1 atom stereocenters. The third kappa shape index (κ3) is 2.07. The van der Waals surface area contributed by atoms with Crippen molar-refractivity contribution in [1.29, 1.82) is 0 Å². The van der Waals surface area contributed by atoms with E-state index in [0.29, 0.717) is 10.8 Å². The van der Waals surface area contributed by atoms with Crippen molar-refractivity contribution in [2.45, 2.75) is 42.9 Å². The first kappa shape index (κ1) is 9.93. The highest BCUT2D eigenvalue weighted by Crippen LogP contribution is 2.32. The van der Waals surface area contributed by atoms with E-state index >= 15 is 0 Å². The highest BCUT2D eigenvalue weighted by Gasteiger charge is 2.17. The number of aromatic nitrogens is 1. The fraction of sp³-hybridized carbons (Fsp3) is 0.600. The van der Waals surface area contributed by atoms with Gasteiger partial charge >= 0.3 is 0 Å². The Labute approximate surface area is 86.2 Å². The quantitative estimate of drug-likeness (QED) is 0.742. The summed E-state index contributed by atoms with van der Waals surface area (Å²) in [7, 11) is 0. The Hall–Kier alpha value is -0.610. The van der Waals surface area contributed by atoms with E-state index in [0.717, 1.165) is 5.69 Å². The van der Waals surface area contributed by atoms with Crippen molar-refractivity contribution in [2.24, 2.45) is 0 Å². The molecule has 1 saturated carbocycles. The fourth-order valence-electron chi connectivity index (χ4n) is 2.14. The summed E-state index contributed by atoms with van der Waals surface area (Å²) in [5.41, 5.74) is 1.13. The molecule has 78 valence electrons. The zero-order chi connectivity index (χ0) is 9.97. The normalized spacial score (nSPS) is 20.9. The molecule has 2 N–H and O–H groups in total. The van der Waals surface area contributed by atoms with Crippen LogP contribution in [0.4, 0.5) is 0 Å². The van der Waals surface area contributed by atoms with Gasteiger partial charge in [0.15, 0.2) is 11.1 Å². The monoisotopic (exact) mass is 213 g/mol. The van der Waals surface area contributed by atoms with Crippen LogP contribution >= 0.6 is 0 Å². The molecule has 3 nitrogen and oxygen atoms in total. The summed E-state index contributed by atoms with van der Waals surface area (Å²) in [5.74, 6) is 0.570. The Morgan fingerprint density at radius 3 is 2.64 bits per heavy atom. The van der Waals surface area contributed by atoms with Gasteiger partial charge in [0.25, 0.3) is 0 Å². The number of aromatic amines is 1. The van der Waals surface area contributed by atoms with Crippen LogP contribution in [0.25, 0.3) is 0 Å². The van der Waals surface area contributed by atoms with E-state index in [1.54, 1.807) is 6.20 Å². The van der Waals surface area contributed by atoms with Gasteiger partial charge in [0.1, 0.15) is 0 Å². The van der Waals surface area contributed by atoms with Gasteiger partial charge in [-0.3, -0.25) is 0 Å².